The molecule has 1 aromatic carbocycles. The Labute approximate surface area is 210 Å². The molecule has 3 aromatic rings. The van der Waals surface area contributed by atoms with Gasteiger partial charge in [-0.2, -0.15) is 23.4 Å². The van der Waals surface area contributed by atoms with Crippen LogP contribution in [0.3, 0.4) is 0 Å². The molecule has 194 valence electrons. The van der Waals surface area contributed by atoms with Crippen LogP contribution in [0.5, 0.6) is 0 Å². The zero-order chi connectivity index (χ0) is 26.9. The fraction of sp³-hybridized carbons (Fsp3) is 0.400. The van der Waals surface area contributed by atoms with Gasteiger partial charge in [0.2, 0.25) is 0 Å². The number of pyridine rings is 1. The maximum absolute atomic E-state index is 13.1. The molecule has 0 spiro atoms. The van der Waals surface area contributed by atoms with E-state index in [2.05, 4.69) is 9.97 Å². The Morgan fingerprint density at radius 2 is 1.89 bits per heavy atom. The predicted octanol–water partition coefficient (Wildman–Crippen LogP) is 3.03. The lowest BCUT2D eigenvalue weighted by atomic mass is 10.0. The van der Waals surface area contributed by atoms with E-state index in [9.17, 15) is 28.0 Å². The zero-order valence-electron chi connectivity index (χ0n) is 20.5. The highest BCUT2D eigenvalue weighted by molar-refractivity contribution is 5.86. The zero-order valence-corrected chi connectivity index (χ0v) is 20.5. The molecule has 9 nitrogen and oxygen atoms in total. The number of alkyl halides is 3. The number of fused-ring (bicyclic) bond motifs is 1. The summed E-state index contributed by atoms with van der Waals surface area (Å²) in [6.45, 7) is 4.71. The van der Waals surface area contributed by atoms with Gasteiger partial charge in [-0.25, -0.2) is 14.6 Å². The molecule has 0 radical (unpaired) electrons. The summed E-state index contributed by atoms with van der Waals surface area (Å²) in [7, 11) is 1.57. The molecular formula is C25H25F3N6O3. The van der Waals surface area contributed by atoms with Crippen LogP contribution in [0.2, 0.25) is 0 Å². The quantitative estimate of drug-likeness (QED) is 0.479. The summed E-state index contributed by atoms with van der Waals surface area (Å²) in [5.41, 5.74) is 0.237. The smallest absolute Gasteiger partial charge is 0.416 e. The first-order chi connectivity index (χ1) is 17.5. The van der Waals surface area contributed by atoms with Gasteiger partial charge in [-0.1, -0.05) is 12.1 Å². The second-order valence-electron chi connectivity index (χ2n) is 8.76. The second kappa shape index (κ2) is 10.2. The maximum atomic E-state index is 13.1. The number of nitrogens with zero attached hydrogens (tertiary/aromatic N) is 6. The molecule has 12 heteroatoms. The first kappa shape index (κ1) is 26.1. The van der Waals surface area contributed by atoms with Gasteiger partial charge in [0.25, 0.3) is 0 Å². The van der Waals surface area contributed by atoms with E-state index in [-0.39, 0.29) is 18.3 Å². The minimum Gasteiger partial charge on any atom is -0.465 e. The van der Waals surface area contributed by atoms with Crippen LogP contribution in [-0.4, -0.2) is 57.7 Å². The van der Waals surface area contributed by atoms with Gasteiger partial charge in [-0.15, -0.1) is 0 Å². The molecule has 37 heavy (non-hydrogen) atoms. The lowest BCUT2D eigenvalue weighted by Crippen LogP contribution is -2.54. The van der Waals surface area contributed by atoms with E-state index in [1.807, 2.05) is 22.8 Å². The molecule has 0 aliphatic carbocycles. The van der Waals surface area contributed by atoms with Crippen molar-refractivity contribution in [3.05, 3.63) is 63.7 Å². The Kier molecular flexibility index (Phi) is 7.18. The fourth-order valence-electron chi connectivity index (χ4n) is 4.58. The Morgan fingerprint density at radius 1 is 1.19 bits per heavy atom. The molecule has 2 atom stereocenters. The lowest BCUT2D eigenvalue weighted by molar-refractivity contribution is -0.150. The number of hydrogen-bond donors (Lipinski definition) is 0. The Hall–Kier alpha value is -3.98. The van der Waals surface area contributed by atoms with Crippen LogP contribution in [0.4, 0.5) is 19.0 Å². The third-order valence-corrected chi connectivity index (χ3v) is 6.41. The first-order valence-corrected chi connectivity index (χ1v) is 11.7. The number of esters is 1. The minimum absolute atomic E-state index is 0.127. The van der Waals surface area contributed by atoms with Gasteiger partial charge in [0, 0.05) is 32.7 Å². The van der Waals surface area contributed by atoms with Gasteiger partial charge in [-0.05, 0) is 43.7 Å². The van der Waals surface area contributed by atoms with Crippen LogP contribution in [0.15, 0.2) is 41.2 Å². The molecule has 1 unspecified atom stereocenters. The number of halogens is 3. The number of carbonyl (C=O) groups excluding carboxylic acids is 1. The van der Waals surface area contributed by atoms with Crippen molar-refractivity contribution >= 4 is 22.8 Å². The number of piperazine rings is 1. The van der Waals surface area contributed by atoms with Crippen molar-refractivity contribution < 1.29 is 22.7 Å². The van der Waals surface area contributed by atoms with Crippen molar-refractivity contribution in [2.45, 2.75) is 32.1 Å². The maximum Gasteiger partial charge on any atom is 0.416 e. The number of ether oxygens (including phenoxy) is 1. The van der Waals surface area contributed by atoms with E-state index in [1.165, 1.54) is 22.8 Å². The number of aryl methyl sites for hydroxylation is 1. The van der Waals surface area contributed by atoms with Crippen molar-refractivity contribution in [1.82, 2.24) is 19.4 Å². The lowest BCUT2D eigenvalue weighted by Gasteiger charge is -2.43. The Morgan fingerprint density at radius 3 is 2.49 bits per heavy atom. The molecule has 1 aliphatic rings. The van der Waals surface area contributed by atoms with E-state index in [0.29, 0.717) is 42.0 Å². The Bertz CT molecular complexity index is 1410. The third kappa shape index (κ3) is 5.13. The molecule has 0 amide bonds. The molecule has 4 rings (SSSR count). The van der Waals surface area contributed by atoms with Gasteiger partial charge in [0.1, 0.15) is 23.3 Å². The summed E-state index contributed by atoms with van der Waals surface area (Å²) in [6.07, 6.45) is -4.49. The van der Waals surface area contributed by atoms with E-state index in [1.54, 1.807) is 20.0 Å². The number of nitriles is 1. The standard InChI is InChI=1S/C25H25F3N6O3/c1-4-37-23(35)21(16-5-7-17(8-6-16)25(26,27)28)33-11-12-34(15(2)14-33)22-20-19(32(3)24(36)31-22)10-9-18(13-29)30-20/h5-10,15,21H,4,11-12,14H2,1-3H3/t15-,21?/m0/s1. The van der Waals surface area contributed by atoms with Crippen LogP contribution >= 0.6 is 0 Å². The molecule has 1 aliphatic heterocycles. The van der Waals surface area contributed by atoms with E-state index in [4.69, 9.17) is 4.74 Å². The van der Waals surface area contributed by atoms with Gasteiger partial charge in [0.05, 0.1) is 17.7 Å². The van der Waals surface area contributed by atoms with Crippen LogP contribution < -0.4 is 10.6 Å². The summed E-state index contributed by atoms with van der Waals surface area (Å²) >= 11 is 0. The van der Waals surface area contributed by atoms with E-state index in [0.717, 1.165) is 12.1 Å². The topological polar surface area (TPSA) is 104 Å². The average molecular weight is 515 g/mol. The number of anilines is 1. The van der Waals surface area contributed by atoms with E-state index >= 15 is 0 Å². The molecule has 0 saturated carbocycles. The van der Waals surface area contributed by atoms with Crippen molar-refractivity contribution in [1.29, 1.82) is 5.26 Å². The summed E-state index contributed by atoms with van der Waals surface area (Å²) in [5, 5.41) is 9.31. The largest absolute Gasteiger partial charge is 0.465 e. The highest BCUT2D eigenvalue weighted by Crippen LogP contribution is 2.33. The summed E-state index contributed by atoms with van der Waals surface area (Å²) < 4.78 is 45.8. The summed E-state index contributed by atoms with van der Waals surface area (Å²) in [6, 6.07) is 8.52. The SMILES string of the molecule is CCOC(=O)C(c1ccc(C(F)(F)F)cc1)N1CCN(c2nc(=O)n(C)c3ccc(C#N)nc23)[C@@H](C)C1. The van der Waals surface area contributed by atoms with Crippen LogP contribution in [0.25, 0.3) is 11.0 Å². The van der Waals surface area contributed by atoms with Gasteiger partial charge in [0.15, 0.2) is 5.82 Å². The average Bonchev–Trinajstić information content (AvgIpc) is 2.86. The van der Waals surface area contributed by atoms with Gasteiger partial charge in [-0.3, -0.25) is 9.47 Å². The number of hydrogen-bond acceptors (Lipinski definition) is 8. The van der Waals surface area contributed by atoms with Gasteiger partial charge < -0.3 is 9.64 Å². The third-order valence-electron chi connectivity index (χ3n) is 6.41. The summed E-state index contributed by atoms with van der Waals surface area (Å²) in [5.74, 6) is -0.218. The minimum atomic E-state index is -4.49. The number of rotatable bonds is 5. The van der Waals surface area contributed by atoms with Crippen LogP contribution in [-0.2, 0) is 22.8 Å². The molecule has 1 saturated heterocycles. The van der Waals surface area contributed by atoms with Crippen LogP contribution in [0, 0.1) is 11.3 Å². The Balaban J connectivity index is 1.66. The molecule has 3 heterocycles. The van der Waals surface area contributed by atoms with Crippen molar-refractivity contribution in [3.63, 3.8) is 0 Å². The monoisotopic (exact) mass is 514 g/mol. The predicted molar refractivity (Wildman–Crippen MR) is 129 cm³/mol. The highest BCUT2D eigenvalue weighted by Gasteiger charge is 2.36. The first-order valence-electron chi connectivity index (χ1n) is 11.7. The molecular weight excluding hydrogens is 489 g/mol. The highest BCUT2D eigenvalue weighted by atomic mass is 19.4. The fourth-order valence-corrected chi connectivity index (χ4v) is 4.58. The van der Waals surface area contributed by atoms with Crippen LogP contribution in [0.1, 0.15) is 36.7 Å². The summed E-state index contributed by atoms with van der Waals surface area (Å²) in [4.78, 5) is 37.8. The molecule has 0 bridgehead atoms. The number of benzene rings is 1. The van der Waals surface area contributed by atoms with Crippen molar-refractivity contribution in [2.75, 3.05) is 31.1 Å². The van der Waals surface area contributed by atoms with Crippen molar-refractivity contribution in [3.8, 4) is 6.07 Å². The molecule has 0 N–H and O–H groups in total. The number of carbonyl (C=O) groups is 1. The van der Waals surface area contributed by atoms with Gasteiger partial charge >= 0.3 is 17.8 Å². The second-order valence-corrected chi connectivity index (χ2v) is 8.76. The van der Waals surface area contributed by atoms with Crippen molar-refractivity contribution in [2.24, 2.45) is 7.05 Å². The van der Waals surface area contributed by atoms with E-state index < -0.39 is 29.4 Å². The normalized spacial score (nSPS) is 17.4. The molecule has 1 fully saturated rings. The molecule has 2 aromatic heterocycles. The number of aromatic nitrogens is 3.